The maximum Gasteiger partial charge on any atom is 0.294 e. The van der Waals surface area contributed by atoms with Gasteiger partial charge in [0.15, 0.2) is 11.5 Å². The van der Waals surface area contributed by atoms with Crippen LogP contribution in [-0.4, -0.2) is 49.3 Å². The van der Waals surface area contributed by atoms with E-state index < -0.39 is 5.09 Å². The van der Waals surface area contributed by atoms with Gasteiger partial charge in [-0.05, 0) is 6.92 Å². The van der Waals surface area contributed by atoms with Crippen LogP contribution < -0.4 is 9.47 Å². The molecule has 0 atom stereocenters. The predicted molar refractivity (Wildman–Crippen MR) is 80.4 cm³/mol. The van der Waals surface area contributed by atoms with Crippen molar-refractivity contribution in [2.24, 2.45) is 0 Å². The molecular weight excluding hydrogens is 310 g/mol. The molecule has 1 aromatic rings. The SMILES string of the molecule is COc1c(O)c(C)c(C=CCOCCO[N+](=O)[O-])c(O)c1OC. The fraction of sp³-hybridized carbons (Fsp3) is 0.429. The minimum atomic E-state index is -0.896. The zero-order valence-corrected chi connectivity index (χ0v) is 13.1. The Morgan fingerprint density at radius 3 is 2.30 bits per heavy atom. The van der Waals surface area contributed by atoms with E-state index in [1.54, 1.807) is 19.1 Å². The first-order chi connectivity index (χ1) is 10.9. The van der Waals surface area contributed by atoms with Gasteiger partial charge in [-0.15, -0.1) is 10.1 Å². The Labute approximate surface area is 132 Å². The summed E-state index contributed by atoms with van der Waals surface area (Å²) in [6.07, 6.45) is 3.13. The van der Waals surface area contributed by atoms with E-state index in [2.05, 4.69) is 4.84 Å². The monoisotopic (exact) mass is 329 g/mol. The number of ether oxygens (including phenoxy) is 3. The van der Waals surface area contributed by atoms with Gasteiger partial charge in [-0.2, -0.15) is 0 Å². The average molecular weight is 329 g/mol. The Morgan fingerprint density at radius 2 is 1.74 bits per heavy atom. The largest absolute Gasteiger partial charge is 0.504 e. The number of methoxy groups -OCH3 is 2. The Kier molecular flexibility index (Phi) is 6.94. The van der Waals surface area contributed by atoms with Crippen LogP contribution in [-0.2, 0) is 9.57 Å². The van der Waals surface area contributed by atoms with Crippen LogP contribution in [0.2, 0.25) is 0 Å². The zero-order valence-electron chi connectivity index (χ0n) is 13.1. The molecule has 0 amide bonds. The summed E-state index contributed by atoms with van der Waals surface area (Å²) in [5, 5.41) is 29.3. The van der Waals surface area contributed by atoms with Crippen molar-refractivity contribution in [3.8, 4) is 23.0 Å². The van der Waals surface area contributed by atoms with Gasteiger partial charge < -0.3 is 29.3 Å². The second-order valence-corrected chi connectivity index (χ2v) is 4.34. The van der Waals surface area contributed by atoms with Crippen LogP contribution in [0, 0.1) is 17.0 Å². The van der Waals surface area contributed by atoms with Gasteiger partial charge in [0, 0.05) is 11.1 Å². The molecule has 1 rings (SSSR count). The van der Waals surface area contributed by atoms with Crippen molar-refractivity contribution < 1.29 is 34.3 Å². The minimum Gasteiger partial charge on any atom is -0.504 e. The highest BCUT2D eigenvalue weighted by atomic mass is 17.0. The normalized spacial score (nSPS) is 10.7. The number of hydrogen-bond acceptors (Lipinski definition) is 8. The third-order valence-electron chi connectivity index (χ3n) is 2.98. The van der Waals surface area contributed by atoms with Crippen LogP contribution in [0.3, 0.4) is 0 Å². The molecule has 0 fully saturated rings. The number of phenols is 2. The molecule has 1 aromatic carbocycles. The van der Waals surface area contributed by atoms with Gasteiger partial charge in [-0.25, -0.2) is 0 Å². The Balaban J connectivity index is 2.78. The number of benzene rings is 1. The first-order valence-electron chi connectivity index (χ1n) is 6.62. The van der Waals surface area contributed by atoms with Crippen molar-refractivity contribution in [2.45, 2.75) is 6.92 Å². The smallest absolute Gasteiger partial charge is 0.294 e. The van der Waals surface area contributed by atoms with Gasteiger partial charge in [-0.3, -0.25) is 0 Å². The topological polar surface area (TPSA) is 121 Å². The van der Waals surface area contributed by atoms with Gasteiger partial charge in [0.2, 0.25) is 11.5 Å². The van der Waals surface area contributed by atoms with E-state index in [1.807, 2.05) is 0 Å². The van der Waals surface area contributed by atoms with Crippen molar-refractivity contribution in [1.82, 2.24) is 0 Å². The molecule has 0 aromatic heterocycles. The van der Waals surface area contributed by atoms with Gasteiger partial charge in [-0.1, -0.05) is 12.2 Å². The van der Waals surface area contributed by atoms with Gasteiger partial charge in [0.1, 0.15) is 6.61 Å². The van der Waals surface area contributed by atoms with Crippen LogP contribution in [0.1, 0.15) is 11.1 Å². The van der Waals surface area contributed by atoms with E-state index in [9.17, 15) is 20.3 Å². The number of phenolic OH excluding ortho intramolecular Hbond substituents is 2. The van der Waals surface area contributed by atoms with Crippen molar-refractivity contribution >= 4 is 6.08 Å². The second-order valence-electron chi connectivity index (χ2n) is 4.34. The molecule has 9 nitrogen and oxygen atoms in total. The Hall–Kier alpha value is -2.68. The van der Waals surface area contributed by atoms with E-state index >= 15 is 0 Å². The quantitative estimate of drug-likeness (QED) is 0.304. The molecule has 2 N–H and O–H groups in total. The molecule has 0 spiro atoms. The molecule has 128 valence electrons. The van der Waals surface area contributed by atoms with Crippen LogP contribution in [0.25, 0.3) is 6.08 Å². The van der Waals surface area contributed by atoms with Crippen molar-refractivity contribution in [3.63, 3.8) is 0 Å². The Morgan fingerprint density at radius 1 is 1.13 bits per heavy atom. The lowest BCUT2D eigenvalue weighted by molar-refractivity contribution is -0.758. The highest BCUT2D eigenvalue weighted by Gasteiger charge is 2.21. The molecule has 0 saturated carbocycles. The minimum absolute atomic E-state index is 0.0237. The lowest BCUT2D eigenvalue weighted by Crippen LogP contribution is -2.08. The first kappa shape index (κ1) is 18.4. The van der Waals surface area contributed by atoms with Gasteiger partial charge in [0.05, 0.1) is 27.4 Å². The molecule has 0 aliphatic rings. The molecule has 0 heterocycles. The van der Waals surface area contributed by atoms with Crippen molar-refractivity contribution in [3.05, 3.63) is 27.3 Å². The number of rotatable bonds is 9. The summed E-state index contributed by atoms with van der Waals surface area (Å²) in [5.74, 6) is -0.238. The van der Waals surface area contributed by atoms with E-state index in [4.69, 9.17) is 14.2 Å². The highest BCUT2D eigenvalue weighted by molar-refractivity contribution is 5.74. The molecule has 23 heavy (non-hydrogen) atoms. The summed E-state index contributed by atoms with van der Waals surface area (Å²) in [7, 11) is 2.70. The van der Waals surface area contributed by atoms with Gasteiger partial charge >= 0.3 is 0 Å². The zero-order chi connectivity index (χ0) is 17.4. The van der Waals surface area contributed by atoms with E-state index in [0.29, 0.717) is 11.1 Å². The molecule has 0 bridgehead atoms. The molecular formula is C14H19NO8. The van der Waals surface area contributed by atoms with Crippen molar-refractivity contribution in [1.29, 1.82) is 0 Å². The van der Waals surface area contributed by atoms with Crippen LogP contribution in [0.4, 0.5) is 0 Å². The highest BCUT2D eigenvalue weighted by Crippen LogP contribution is 2.48. The second kappa shape index (κ2) is 8.69. The third-order valence-corrected chi connectivity index (χ3v) is 2.98. The molecule has 0 saturated heterocycles. The number of nitrogens with zero attached hydrogens (tertiary/aromatic N) is 1. The summed E-state index contributed by atoms with van der Waals surface area (Å²) in [6, 6.07) is 0. The lowest BCUT2D eigenvalue weighted by Gasteiger charge is -2.16. The molecule has 0 aliphatic heterocycles. The fourth-order valence-electron chi connectivity index (χ4n) is 1.88. The summed E-state index contributed by atoms with van der Waals surface area (Å²) in [4.78, 5) is 14.0. The number of hydrogen-bond donors (Lipinski definition) is 2. The Bertz CT molecular complexity index is 585. The lowest BCUT2D eigenvalue weighted by atomic mass is 10.0. The maximum absolute atomic E-state index is 10.2. The van der Waals surface area contributed by atoms with Crippen LogP contribution >= 0.6 is 0 Å². The van der Waals surface area contributed by atoms with Crippen LogP contribution in [0.15, 0.2) is 6.08 Å². The summed E-state index contributed by atoms with van der Waals surface area (Å²) < 4.78 is 15.2. The average Bonchev–Trinajstić information content (AvgIpc) is 2.52. The molecule has 0 unspecified atom stereocenters. The predicted octanol–water partition coefficient (Wildman–Crippen LogP) is 1.66. The summed E-state index contributed by atoms with van der Waals surface area (Å²) in [5.41, 5.74) is 0.762. The van der Waals surface area contributed by atoms with E-state index in [1.165, 1.54) is 14.2 Å². The first-order valence-corrected chi connectivity index (χ1v) is 6.62. The standard InChI is InChI=1S/C14H19NO8/c1-9-10(5-4-6-22-7-8-23-15(18)19)12(17)14(21-3)13(20-2)11(9)16/h4-5,16-17H,6-8H2,1-3H3. The van der Waals surface area contributed by atoms with E-state index in [-0.39, 0.29) is 42.8 Å². The van der Waals surface area contributed by atoms with Gasteiger partial charge in [0.25, 0.3) is 5.09 Å². The summed E-state index contributed by atoms with van der Waals surface area (Å²) in [6.45, 7) is 1.65. The number of aromatic hydroxyl groups is 2. The molecule has 9 heteroatoms. The van der Waals surface area contributed by atoms with E-state index in [0.717, 1.165) is 0 Å². The van der Waals surface area contributed by atoms with Crippen molar-refractivity contribution in [2.75, 3.05) is 34.0 Å². The fourth-order valence-corrected chi connectivity index (χ4v) is 1.88. The summed E-state index contributed by atoms with van der Waals surface area (Å²) >= 11 is 0. The molecule has 0 radical (unpaired) electrons. The maximum atomic E-state index is 10.2. The van der Waals surface area contributed by atoms with Crippen LogP contribution in [0.5, 0.6) is 23.0 Å². The molecule has 0 aliphatic carbocycles. The third kappa shape index (κ3) is 4.65.